The van der Waals surface area contributed by atoms with Crippen LogP contribution in [0, 0.1) is 5.92 Å². The minimum atomic E-state index is -0.505. The van der Waals surface area contributed by atoms with Crippen LogP contribution in [0.15, 0.2) is 46.9 Å². The van der Waals surface area contributed by atoms with Gasteiger partial charge in [-0.3, -0.25) is 0 Å². The molecule has 3 rings (SSSR count). The van der Waals surface area contributed by atoms with E-state index < -0.39 is 6.10 Å². The standard InChI is InChI=1S/C17H17BrO2/c1-20-16-7-6-14(18)10-15(16)17(19)13-8-11-4-2-3-5-12(11)9-13/h2-7,10,13,17,19H,8-9H2,1H3. The predicted molar refractivity (Wildman–Crippen MR) is 83.0 cm³/mol. The molecule has 0 saturated carbocycles. The summed E-state index contributed by atoms with van der Waals surface area (Å²) in [6, 6.07) is 14.2. The van der Waals surface area contributed by atoms with Crippen molar-refractivity contribution in [1.82, 2.24) is 0 Å². The molecule has 0 heterocycles. The lowest BCUT2D eigenvalue weighted by Gasteiger charge is -2.20. The van der Waals surface area contributed by atoms with Gasteiger partial charge in [-0.2, -0.15) is 0 Å². The van der Waals surface area contributed by atoms with Gasteiger partial charge in [-0.1, -0.05) is 40.2 Å². The molecule has 2 aromatic rings. The molecule has 1 atom stereocenters. The van der Waals surface area contributed by atoms with Crippen molar-refractivity contribution >= 4 is 15.9 Å². The van der Waals surface area contributed by atoms with Crippen LogP contribution in [0.4, 0.5) is 0 Å². The summed E-state index contributed by atoms with van der Waals surface area (Å²) in [5.41, 5.74) is 3.57. The van der Waals surface area contributed by atoms with Gasteiger partial charge in [0.2, 0.25) is 0 Å². The zero-order chi connectivity index (χ0) is 14.1. The summed E-state index contributed by atoms with van der Waals surface area (Å²) in [6.07, 6.45) is 1.34. The van der Waals surface area contributed by atoms with Crippen LogP contribution in [-0.4, -0.2) is 12.2 Å². The van der Waals surface area contributed by atoms with Crippen LogP contribution in [0.25, 0.3) is 0 Å². The molecule has 0 spiro atoms. The summed E-state index contributed by atoms with van der Waals surface area (Å²) in [7, 11) is 1.64. The first-order valence-electron chi connectivity index (χ1n) is 6.77. The summed E-state index contributed by atoms with van der Waals surface area (Å²) in [5.74, 6) is 0.965. The van der Waals surface area contributed by atoms with Gasteiger partial charge in [0, 0.05) is 10.0 Å². The Kier molecular flexibility index (Phi) is 3.81. The number of aliphatic hydroxyl groups is 1. The fourth-order valence-electron chi connectivity index (χ4n) is 3.01. The minimum Gasteiger partial charge on any atom is -0.496 e. The molecule has 2 aromatic carbocycles. The lowest BCUT2D eigenvalue weighted by molar-refractivity contribution is 0.110. The molecule has 0 amide bonds. The van der Waals surface area contributed by atoms with Gasteiger partial charge in [0.15, 0.2) is 0 Å². The Morgan fingerprint density at radius 2 is 1.80 bits per heavy atom. The van der Waals surface area contributed by atoms with Crippen molar-refractivity contribution in [2.24, 2.45) is 5.92 Å². The van der Waals surface area contributed by atoms with Crippen LogP contribution in [0.3, 0.4) is 0 Å². The van der Waals surface area contributed by atoms with Gasteiger partial charge in [0.05, 0.1) is 13.2 Å². The third-order valence-electron chi connectivity index (χ3n) is 4.04. The number of fused-ring (bicyclic) bond motifs is 1. The van der Waals surface area contributed by atoms with Gasteiger partial charge in [-0.05, 0) is 48.1 Å². The fraction of sp³-hybridized carbons (Fsp3) is 0.294. The highest BCUT2D eigenvalue weighted by Crippen LogP contribution is 2.39. The maximum atomic E-state index is 10.7. The number of halogens is 1. The molecule has 1 unspecified atom stereocenters. The molecule has 2 nitrogen and oxygen atoms in total. The number of rotatable bonds is 3. The molecular weight excluding hydrogens is 316 g/mol. The van der Waals surface area contributed by atoms with Crippen LogP contribution in [0.5, 0.6) is 5.75 Å². The van der Waals surface area contributed by atoms with E-state index in [1.165, 1.54) is 11.1 Å². The molecular formula is C17H17BrO2. The van der Waals surface area contributed by atoms with E-state index in [-0.39, 0.29) is 5.92 Å². The van der Waals surface area contributed by atoms with Crippen molar-refractivity contribution in [2.45, 2.75) is 18.9 Å². The Balaban J connectivity index is 1.88. The summed E-state index contributed by atoms with van der Waals surface area (Å²) < 4.78 is 6.34. The topological polar surface area (TPSA) is 29.5 Å². The number of aliphatic hydroxyl groups excluding tert-OH is 1. The summed E-state index contributed by atoms with van der Waals surface area (Å²) in [4.78, 5) is 0. The lowest BCUT2D eigenvalue weighted by Crippen LogP contribution is -2.14. The summed E-state index contributed by atoms with van der Waals surface area (Å²) in [6.45, 7) is 0. The Morgan fingerprint density at radius 3 is 2.40 bits per heavy atom. The maximum Gasteiger partial charge on any atom is 0.124 e. The minimum absolute atomic E-state index is 0.218. The third-order valence-corrected chi connectivity index (χ3v) is 4.53. The SMILES string of the molecule is COc1ccc(Br)cc1C(O)C1Cc2ccccc2C1. The van der Waals surface area contributed by atoms with Crippen LogP contribution in [0.2, 0.25) is 0 Å². The first kappa shape index (κ1) is 13.7. The molecule has 1 aliphatic carbocycles. The maximum absolute atomic E-state index is 10.7. The molecule has 0 fully saturated rings. The molecule has 104 valence electrons. The Bertz CT molecular complexity index is 599. The molecule has 0 radical (unpaired) electrons. The monoisotopic (exact) mass is 332 g/mol. The molecule has 0 bridgehead atoms. The Hall–Kier alpha value is -1.32. The lowest BCUT2D eigenvalue weighted by atomic mass is 9.92. The van der Waals surface area contributed by atoms with E-state index in [9.17, 15) is 5.11 Å². The van der Waals surface area contributed by atoms with Gasteiger partial charge >= 0.3 is 0 Å². The molecule has 1 aliphatic rings. The van der Waals surface area contributed by atoms with E-state index in [4.69, 9.17) is 4.74 Å². The fourth-order valence-corrected chi connectivity index (χ4v) is 3.39. The van der Waals surface area contributed by atoms with E-state index in [0.717, 1.165) is 28.6 Å². The van der Waals surface area contributed by atoms with Crippen molar-refractivity contribution in [1.29, 1.82) is 0 Å². The highest BCUT2D eigenvalue weighted by atomic mass is 79.9. The first-order valence-corrected chi connectivity index (χ1v) is 7.56. The molecule has 3 heteroatoms. The quantitative estimate of drug-likeness (QED) is 0.923. The molecule has 0 saturated heterocycles. The van der Waals surface area contributed by atoms with Crippen molar-refractivity contribution in [3.63, 3.8) is 0 Å². The average molecular weight is 333 g/mol. The van der Waals surface area contributed by atoms with Crippen molar-refractivity contribution in [3.8, 4) is 5.75 Å². The summed E-state index contributed by atoms with van der Waals surface area (Å²) in [5, 5.41) is 10.7. The van der Waals surface area contributed by atoms with Crippen molar-refractivity contribution in [2.75, 3.05) is 7.11 Å². The number of benzene rings is 2. The van der Waals surface area contributed by atoms with E-state index >= 15 is 0 Å². The van der Waals surface area contributed by atoms with Crippen LogP contribution in [-0.2, 0) is 12.8 Å². The highest BCUT2D eigenvalue weighted by molar-refractivity contribution is 9.10. The number of hydrogen-bond donors (Lipinski definition) is 1. The van der Waals surface area contributed by atoms with E-state index in [1.54, 1.807) is 7.11 Å². The normalized spacial score (nSPS) is 15.9. The zero-order valence-electron chi connectivity index (χ0n) is 11.3. The van der Waals surface area contributed by atoms with Gasteiger partial charge in [-0.15, -0.1) is 0 Å². The third kappa shape index (κ3) is 2.48. The van der Waals surface area contributed by atoms with Gasteiger partial charge in [0.25, 0.3) is 0 Å². The van der Waals surface area contributed by atoms with Crippen molar-refractivity contribution in [3.05, 3.63) is 63.6 Å². The molecule has 0 aliphatic heterocycles. The zero-order valence-corrected chi connectivity index (χ0v) is 12.9. The smallest absolute Gasteiger partial charge is 0.124 e. The van der Waals surface area contributed by atoms with Crippen molar-refractivity contribution < 1.29 is 9.84 Å². The largest absolute Gasteiger partial charge is 0.496 e. The molecule has 1 N–H and O–H groups in total. The average Bonchev–Trinajstić information content (AvgIpc) is 2.90. The van der Waals surface area contributed by atoms with Crippen LogP contribution >= 0.6 is 15.9 Å². The van der Waals surface area contributed by atoms with Crippen LogP contribution < -0.4 is 4.74 Å². The number of ether oxygens (including phenoxy) is 1. The first-order chi connectivity index (χ1) is 9.69. The predicted octanol–water partition coefficient (Wildman–Crippen LogP) is 3.91. The van der Waals surface area contributed by atoms with Gasteiger partial charge in [0.1, 0.15) is 5.75 Å². The second-order valence-corrected chi connectivity index (χ2v) is 6.18. The second-order valence-electron chi connectivity index (χ2n) is 5.27. The Labute approximate surface area is 127 Å². The second kappa shape index (κ2) is 5.58. The number of hydrogen-bond acceptors (Lipinski definition) is 2. The summed E-state index contributed by atoms with van der Waals surface area (Å²) >= 11 is 3.46. The molecule has 20 heavy (non-hydrogen) atoms. The highest BCUT2D eigenvalue weighted by Gasteiger charge is 2.29. The van der Waals surface area contributed by atoms with E-state index in [0.29, 0.717) is 0 Å². The van der Waals surface area contributed by atoms with E-state index in [2.05, 4.69) is 40.2 Å². The Morgan fingerprint density at radius 1 is 1.15 bits per heavy atom. The van der Waals surface area contributed by atoms with Gasteiger partial charge in [-0.25, -0.2) is 0 Å². The molecule has 0 aromatic heterocycles. The number of methoxy groups -OCH3 is 1. The van der Waals surface area contributed by atoms with Gasteiger partial charge < -0.3 is 9.84 Å². The van der Waals surface area contributed by atoms with E-state index in [1.807, 2.05) is 18.2 Å². The van der Waals surface area contributed by atoms with Crippen LogP contribution in [0.1, 0.15) is 22.8 Å².